The van der Waals surface area contributed by atoms with E-state index in [4.69, 9.17) is 0 Å². The minimum absolute atomic E-state index is 0.0655. The van der Waals surface area contributed by atoms with Gasteiger partial charge < -0.3 is 9.80 Å². The van der Waals surface area contributed by atoms with Gasteiger partial charge in [-0.1, -0.05) is 18.2 Å². The zero-order valence-corrected chi connectivity index (χ0v) is 14.5. The molecule has 0 bridgehead atoms. The van der Waals surface area contributed by atoms with Gasteiger partial charge in [0.1, 0.15) is 0 Å². The van der Waals surface area contributed by atoms with Gasteiger partial charge in [-0.05, 0) is 31.6 Å². The van der Waals surface area contributed by atoms with Crippen molar-refractivity contribution < 1.29 is 4.79 Å². The average Bonchev–Trinajstić information content (AvgIpc) is 2.98. The van der Waals surface area contributed by atoms with Crippen LogP contribution in [0.25, 0.3) is 6.08 Å². The topological polar surface area (TPSA) is 41.4 Å². The smallest absolute Gasteiger partial charge is 0.246 e. The molecule has 2 aromatic rings. The summed E-state index contributed by atoms with van der Waals surface area (Å²) in [6.45, 7) is 6.71. The number of amides is 1. The maximum Gasteiger partial charge on any atom is 0.246 e. The largest absolute Gasteiger partial charge is 0.367 e. The molecule has 0 N–H and O–H groups in total. The molecule has 1 aromatic heterocycles. The Hall–Kier alpha value is -2.56. The van der Waals surface area contributed by atoms with Crippen molar-refractivity contribution in [2.24, 2.45) is 7.05 Å². The number of para-hydroxylation sites is 1. The number of rotatable bonds is 3. The average molecular weight is 324 g/mol. The van der Waals surface area contributed by atoms with Gasteiger partial charge in [0.15, 0.2) is 0 Å². The molecule has 0 spiro atoms. The van der Waals surface area contributed by atoms with Gasteiger partial charge in [-0.25, -0.2) is 0 Å². The van der Waals surface area contributed by atoms with Crippen LogP contribution in [0.15, 0.2) is 42.7 Å². The summed E-state index contributed by atoms with van der Waals surface area (Å²) >= 11 is 0. The lowest BCUT2D eigenvalue weighted by molar-refractivity contribution is -0.128. The highest BCUT2D eigenvalue weighted by Crippen LogP contribution is 2.23. The van der Waals surface area contributed by atoms with Crippen LogP contribution in [-0.2, 0) is 11.8 Å². The molecule has 1 atom stereocenters. The summed E-state index contributed by atoms with van der Waals surface area (Å²) in [6.07, 6.45) is 7.12. The van der Waals surface area contributed by atoms with Crippen molar-refractivity contribution in [3.63, 3.8) is 0 Å². The van der Waals surface area contributed by atoms with Crippen LogP contribution in [0.2, 0.25) is 0 Å². The van der Waals surface area contributed by atoms with E-state index in [9.17, 15) is 4.79 Å². The Bertz CT molecular complexity index is 749. The molecule has 0 aliphatic carbocycles. The Balaban J connectivity index is 1.64. The van der Waals surface area contributed by atoms with E-state index in [1.807, 2.05) is 24.2 Å². The van der Waals surface area contributed by atoms with Gasteiger partial charge >= 0.3 is 0 Å². The van der Waals surface area contributed by atoms with Crippen molar-refractivity contribution in [1.82, 2.24) is 14.7 Å². The van der Waals surface area contributed by atoms with Crippen molar-refractivity contribution in [2.45, 2.75) is 19.9 Å². The van der Waals surface area contributed by atoms with Crippen molar-refractivity contribution in [2.75, 3.05) is 24.5 Å². The van der Waals surface area contributed by atoms with Crippen molar-refractivity contribution in [1.29, 1.82) is 0 Å². The number of nitrogens with zero attached hydrogens (tertiary/aromatic N) is 4. The second-order valence-electron chi connectivity index (χ2n) is 6.39. The maximum absolute atomic E-state index is 12.5. The van der Waals surface area contributed by atoms with Crippen LogP contribution in [0.1, 0.15) is 18.1 Å². The molecule has 5 heteroatoms. The fraction of sp³-hybridized carbons (Fsp3) is 0.368. The molecule has 2 heterocycles. The highest BCUT2D eigenvalue weighted by atomic mass is 16.2. The van der Waals surface area contributed by atoms with Gasteiger partial charge in [0.25, 0.3) is 0 Å². The normalized spacial score (nSPS) is 18.4. The first-order chi connectivity index (χ1) is 11.5. The third-order valence-corrected chi connectivity index (χ3v) is 4.51. The first-order valence-electron chi connectivity index (χ1n) is 8.32. The summed E-state index contributed by atoms with van der Waals surface area (Å²) in [5.41, 5.74) is 3.49. The number of carbonyl (C=O) groups is 1. The molecule has 126 valence electrons. The molecule has 24 heavy (non-hydrogen) atoms. The Morgan fingerprint density at radius 2 is 2.08 bits per heavy atom. The number of piperazine rings is 1. The number of hydrogen-bond donors (Lipinski definition) is 0. The van der Waals surface area contributed by atoms with E-state index in [0.29, 0.717) is 0 Å². The lowest BCUT2D eigenvalue weighted by atomic mass is 10.1. The molecule has 1 unspecified atom stereocenters. The van der Waals surface area contributed by atoms with Crippen molar-refractivity contribution >= 4 is 17.7 Å². The molecule has 5 nitrogen and oxygen atoms in total. The molecule has 0 saturated carbocycles. The number of benzene rings is 1. The quantitative estimate of drug-likeness (QED) is 0.815. The minimum Gasteiger partial charge on any atom is -0.367 e. The highest BCUT2D eigenvalue weighted by molar-refractivity contribution is 5.92. The van der Waals surface area contributed by atoms with E-state index in [0.717, 1.165) is 25.2 Å². The van der Waals surface area contributed by atoms with E-state index in [-0.39, 0.29) is 11.9 Å². The van der Waals surface area contributed by atoms with E-state index in [1.165, 1.54) is 11.3 Å². The summed E-state index contributed by atoms with van der Waals surface area (Å²) in [5.74, 6) is 0.0655. The van der Waals surface area contributed by atoms with E-state index >= 15 is 0 Å². The molecule has 1 aliphatic rings. The fourth-order valence-electron chi connectivity index (χ4n) is 3.21. The predicted octanol–water partition coefficient (Wildman–Crippen LogP) is 2.48. The standard InChI is InChI=1S/C19H24N4O/c1-15-6-4-5-7-18(15)22-10-11-23(16(2)13-22)19(24)9-8-17-12-20-21(3)14-17/h4-9,12,14,16H,10-11,13H2,1-3H3. The minimum atomic E-state index is 0.0655. The Kier molecular flexibility index (Phi) is 4.69. The predicted molar refractivity (Wildman–Crippen MR) is 96.8 cm³/mol. The van der Waals surface area contributed by atoms with Crippen LogP contribution in [-0.4, -0.2) is 46.3 Å². The third kappa shape index (κ3) is 3.50. The van der Waals surface area contributed by atoms with Crippen LogP contribution in [0.3, 0.4) is 0 Å². The van der Waals surface area contributed by atoms with Gasteiger partial charge in [0.05, 0.1) is 6.20 Å². The monoisotopic (exact) mass is 324 g/mol. The Labute approximate surface area is 143 Å². The molecule has 1 fully saturated rings. The summed E-state index contributed by atoms with van der Waals surface area (Å²) in [5, 5.41) is 4.11. The zero-order valence-electron chi connectivity index (χ0n) is 14.5. The number of hydrogen-bond acceptors (Lipinski definition) is 3. The first kappa shape index (κ1) is 16.3. The molecular weight excluding hydrogens is 300 g/mol. The Morgan fingerprint density at radius 3 is 2.75 bits per heavy atom. The van der Waals surface area contributed by atoms with Crippen LogP contribution >= 0.6 is 0 Å². The zero-order chi connectivity index (χ0) is 17.1. The first-order valence-corrected chi connectivity index (χ1v) is 8.32. The highest BCUT2D eigenvalue weighted by Gasteiger charge is 2.26. The Morgan fingerprint density at radius 1 is 1.29 bits per heavy atom. The fourth-order valence-corrected chi connectivity index (χ4v) is 3.21. The van der Waals surface area contributed by atoms with Gasteiger partial charge in [0.2, 0.25) is 5.91 Å². The van der Waals surface area contributed by atoms with Crippen LogP contribution in [0.4, 0.5) is 5.69 Å². The summed E-state index contributed by atoms with van der Waals surface area (Å²) in [6, 6.07) is 8.60. The molecule has 1 aliphatic heterocycles. The van der Waals surface area contributed by atoms with E-state index in [2.05, 4.69) is 48.1 Å². The van der Waals surface area contributed by atoms with Gasteiger partial charge in [-0.2, -0.15) is 5.10 Å². The summed E-state index contributed by atoms with van der Waals surface area (Å²) in [4.78, 5) is 16.8. The number of anilines is 1. The van der Waals surface area contributed by atoms with Gasteiger partial charge in [-0.3, -0.25) is 9.48 Å². The molecule has 1 amide bonds. The molecule has 1 aromatic carbocycles. The van der Waals surface area contributed by atoms with Crippen LogP contribution in [0, 0.1) is 6.92 Å². The molecule has 0 radical (unpaired) electrons. The summed E-state index contributed by atoms with van der Waals surface area (Å²) in [7, 11) is 1.87. The van der Waals surface area contributed by atoms with Gasteiger partial charge in [-0.15, -0.1) is 0 Å². The third-order valence-electron chi connectivity index (χ3n) is 4.51. The maximum atomic E-state index is 12.5. The molecule has 1 saturated heterocycles. The second-order valence-corrected chi connectivity index (χ2v) is 6.39. The van der Waals surface area contributed by atoms with E-state index < -0.39 is 0 Å². The lowest BCUT2D eigenvalue weighted by Gasteiger charge is -2.41. The number of aromatic nitrogens is 2. The molecular formula is C19H24N4O. The van der Waals surface area contributed by atoms with Crippen LogP contribution < -0.4 is 4.90 Å². The number of carbonyl (C=O) groups excluding carboxylic acids is 1. The van der Waals surface area contributed by atoms with Crippen molar-refractivity contribution in [3.05, 3.63) is 53.9 Å². The molecule has 3 rings (SSSR count). The van der Waals surface area contributed by atoms with Crippen LogP contribution in [0.5, 0.6) is 0 Å². The SMILES string of the molecule is Cc1ccccc1N1CCN(C(=O)C=Cc2cnn(C)c2)C(C)C1. The van der Waals surface area contributed by atoms with Gasteiger partial charge in [0, 0.05) is 56.2 Å². The lowest BCUT2D eigenvalue weighted by Crippen LogP contribution is -2.53. The second kappa shape index (κ2) is 6.91. The number of aryl methyl sites for hydroxylation is 2. The van der Waals surface area contributed by atoms with E-state index in [1.54, 1.807) is 17.0 Å². The summed E-state index contributed by atoms with van der Waals surface area (Å²) < 4.78 is 1.73. The van der Waals surface area contributed by atoms with Crippen molar-refractivity contribution in [3.8, 4) is 0 Å².